The van der Waals surface area contributed by atoms with E-state index in [4.69, 9.17) is 11.6 Å². The van der Waals surface area contributed by atoms with Crippen molar-refractivity contribution >= 4 is 17.5 Å². The second kappa shape index (κ2) is 9.32. The number of nitrogens with zero attached hydrogens (tertiary/aromatic N) is 3. The lowest BCUT2D eigenvalue weighted by atomic mass is 9.86. The molecule has 1 amide bonds. The fourth-order valence-corrected chi connectivity index (χ4v) is 4.56. The Morgan fingerprint density at radius 1 is 1.22 bits per heavy atom. The monoisotopic (exact) mass is 397 g/mol. The van der Waals surface area contributed by atoms with Gasteiger partial charge in [-0.15, -0.1) is 0 Å². The molecule has 2 heterocycles. The molecule has 0 radical (unpaired) electrons. The van der Waals surface area contributed by atoms with E-state index in [1.54, 1.807) is 0 Å². The molecule has 0 aliphatic carbocycles. The standard InChI is InChI=1S/C20H29ClFN3O2/c1-23-6-8-24(9-7-23)19-4-5-25(14-15(19)3-2-10-26)20(27)16-11-17(21)13-18(22)12-16/h11-13,15,19,26H,2-10,14H2,1H3/t15-,19+/m1/s1. The van der Waals surface area contributed by atoms with E-state index in [9.17, 15) is 14.3 Å². The molecule has 2 fully saturated rings. The van der Waals surface area contributed by atoms with Crippen molar-refractivity contribution in [2.24, 2.45) is 5.92 Å². The minimum absolute atomic E-state index is 0.165. The summed E-state index contributed by atoms with van der Waals surface area (Å²) >= 11 is 5.92. The molecule has 150 valence electrons. The third kappa shape index (κ3) is 5.19. The number of halogens is 2. The van der Waals surface area contributed by atoms with Gasteiger partial charge >= 0.3 is 0 Å². The molecule has 7 heteroatoms. The van der Waals surface area contributed by atoms with E-state index in [-0.39, 0.29) is 17.5 Å². The Balaban J connectivity index is 1.70. The van der Waals surface area contributed by atoms with Gasteiger partial charge in [-0.2, -0.15) is 0 Å². The number of carbonyl (C=O) groups is 1. The van der Waals surface area contributed by atoms with Gasteiger partial charge in [-0.1, -0.05) is 11.6 Å². The molecule has 0 bridgehead atoms. The van der Waals surface area contributed by atoms with Crippen LogP contribution in [0, 0.1) is 11.7 Å². The molecule has 1 N–H and O–H groups in total. The molecule has 27 heavy (non-hydrogen) atoms. The third-order valence-electron chi connectivity index (χ3n) is 5.83. The van der Waals surface area contributed by atoms with Gasteiger partial charge in [-0.3, -0.25) is 9.69 Å². The first-order valence-electron chi connectivity index (χ1n) is 9.76. The van der Waals surface area contributed by atoms with Gasteiger partial charge in [0.1, 0.15) is 5.82 Å². The Bertz CT molecular complexity index is 632. The number of aliphatic hydroxyl groups is 1. The first-order chi connectivity index (χ1) is 13.0. The van der Waals surface area contributed by atoms with Gasteiger partial charge in [-0.05, 0) is 50.4 Å². The molecule has 0 spiro atoms. The Labute approximate surface area is 165 Å². The minimum atomic E-state index is -0.491. The van der Waals surface area contributed by atoms with E-state index in [2.05, 4.69) is 16.8 Å². The Morgan fingerprint density at radius 3 is 2.63 bits per heavy atom. The van der Waals surface area contributed by atoms with Crippen LogP contribution in [0.1, 0.15) is 29.6 Å². The lowest BCUT2D eigenvalue weighted by Gasteiger charge is -2.46. The molecular weight excluding hydrogens is 369 g/mol. The van der Waals surface area contributed by atoms with Crippen molar-refractivity contribution in [1.29, 1.82) is 0 Å². The summed E-state index contributed by atoms with van der Waals surface area (Å²) in [7, 11) is 2.14. The molecule has 2 saturated heterocycles. The topological polar surface area (TPSA) is 47.0 Å². The van der Waals surface area contributed by atoms with Crippen LogP contribution in [0.4, 0.5) is 4.39 Å². The summed E-state index contributed by atoms with van der Waals surface area (Å²) in [5.74, 6) is -0.334. The highest BCUT2D eigenvalue weighted by Gasteiger charge is 2.35. The minimum Gasteiger partial charge on any atom is -0.396 e. The molecule has 5 nitrogen and oxygen atoms in total. The average Bonchev–Trinajstić information content (AvgIpc) is 2.65. The van der Waals surface area contributed by atoms with E-state index in [1.807, 2.05) is 4.90 Å². The van der Waals surface area contributed by atoms with Gasteiger partial charge in [0.15, 0.2) is 0 Å². The second-order valence-electron chi connectivity index (χ2n) is 7.73. The average molecular weight is 398 g/mol. The maximum absolute atomic E-state index is 13.6. The van der Waals surface area contributed by atoms with Crippen LogP contribution in [0.2, 0.25) is 5.02 Å². The van der Waals surface area contributed by atoms with E-state index >= 15 is 0 Å². The van der Waals surface area contributed by atoms with Crippen LogP contribution in [0.25, 0.3) is 0 Å². The van der Waals surface area contributed by atoms with Crippen molar-refractivity contribution in [2.45, 2.75) is 25.3 Å². The van der Waals surface area contributed by atoms with E-state index in [1.165, 1.54) is 18.2 Å². The van der Waals surface area contributed by atoms with Crippen molar-refractivity contribution in [3.05, 3.63) is 34.6 Å². The van der Waals surface area contributed by atoms with Crippen LogP contribution in [0.5, 0.6) is 0 Å². The van der Waals surface area contributed by atoms with E-state index in [0.29, 0.717) is 30.6 Å². The smallest absolute Gasteiger partial charge is 0.254 e. The predicted molar refractivity (Wildman–Crippen MR) is 105 cm³/mol. The molecule has 1 aromatic rings. The largest absolute Gasteiger partial charge is 0.396 e. The van der Waals surface area contributed by atoms with E-state index in [0.717, 1.165) is 45.4 Å². The number of amides is 1. The zero-order chi connectivity index (χ0) is 19.4. The zero-order valence-electron chi connectivity index (χ0n) is 15.9. The van der Waals surface area contributed by atoms with Gasteiger partial charge in [0.25, 0.3) is 5.91 Å². The fraction of sp³-hybridized carbons (Fsp3) is 0.650. The maximum Gasteiger partial charge on any atom is 0.254 e. The Morgan fingerprint density at radius 2 is 1.96 bits per heavy atom. The summed E-state index contributed by atoms with van der Waals surface area (Å²) < 4.78 is 13.6. The first kappa shape index (κ1) is 20.5. The fourth-order valence-electron chi connectivity index (χ4n) is 4.34. The maximum atomic E-state index is 13.6. The highest BCUT2D eigenvalue weighted by molar-refractivity contribution is 6.31. The van der Waals surface area contributed by atoms with Crippen molar-refractivity contribution in [3.8, 4) is 0 Å². The van der Waals surface area contributed by atoms with Crippen LogP contribution in [-0.2, 0) is 0 Å². The van der Waals surface area contributed by atoms with Crippen molar-refractivity contribution in [2.75, 3.05) is 52.9 Å². The molecule has 0 aromatic heterocycles. The molecule has 3 rings (SSSR count). The number of aliphatic hydroxyl groups excluding tert-OH is 1. The lowest BCUT2D eigenvalue weighted by molar-refractivity contribution is 0.0217. The Kier molecular flexibility index (Phi) is 7.09. The highest BCUT2D eigenvalue weighted by atomic mass is 35.5. The lowest BCUT2D eigenvalue weighted by Crippen LogP contribution is -2.56. The van der Waals surface area contributed by atoms with Gasteiger partial charge in [0.2, 0.25) is 0 Å². The number of carbonyl (C=O) groups excluding carboxylic acids is 1. The van der Waals surface area contributed by atoms with Gasteiger partial charge in [0, 0.05) is 62.5 Å². The molecule has 2 aliphatic heterocycles. The molecule has 2 atom stereocenters. The van der Waals surface area contributed by atoms with Crippen molar-refractivity contribution in [3.63, 3.8) is 0 Å². The number of hydrogen-bond donors (Lipinski definition) is 1. The summed E-state index contributed by atoms with van der Waals surface area (Å²) in [6.07, 6.45) is 2.54. The second-order valence-corrected chi connectivity index (χ2v) is 8.17. The molecule has 1 aromatic carbocycles. The highest BCUT2D eigenvalue weighted by Crippen LogP contribution is 2.28. The number of rotatable bonds is 5. The number of benzene rings is 1. The van der Waals surface area contributed by atoms with Crippen molar-refractivity contribution < 1.29 is 14.3 Å². The number of likely N-dealkylation sites (tertiary alicyclic amines) is 1. The number of hydrogen-bond acceptors (Lipinski definition) is 4. The SMILES string of the molecule is CN1CCN([C@H]2CCN(C(=O)c3cc(F)cc(Cl)c3)C[C@H]2CCCO)CC1. The predicted octanol–water partition coefficient (Wildman–Crippen LogP) is 2.33. The van der Waals surface area contributed by atoms with Crippen LogP contribution < -0.4 is 0 Å². The van der Waals surface area contributed by atoms with Gasteiger partial charge in [0.05, 0.1) is 0 Å². The summed E-state index contributed by atoms with van der Waals surface area (Å²) in [6.45, 7) is 5.69. The summed E-state index contributed by atoms with van der Waals surface area (Å²) in [5, 5.41) is 9.52. The van der Waals surface area contributed by atoms with Crippen LogP contribution >= 0.6 is 11.6 Å². The number of piperidine rings is 1. The van der Waals surface area contributed by atoms with Crippen LogP contribution in [0.15, 0.2) is 18.2 Å². The summed E-state index contributed by atoms with van der Waals surface area (Å²) in [6, 6.07) is 4.43. The quantitative estimate of drug-likeness (QED) is 0.828. The molecule has 0 unspecified atom stereocenters. The number of piperazine rings is 1. The van der Waals surface area contributed by atoms with Crippen LogP contribution in [0.3, 0.4) is 0 Å². The van der Waals surface area contributed by atoms with Crippen LogP contribution in [-0.4, -0.2) is 84.7 Å². The normalized spacial score (nSPS) is 25.0. The first-order valence-corrected chi connectivity index (χ1v) is 10.1. The molecular formula is C20H29ClFN3O2. The summed E-state index contributed by atoms with van der Waals surface area (Å²) in [4.78, 5) is 19.6. The van der Waals surface area contributed by atoms with E-state index < -0.39 is 5.82 Å². The summed E-state index contributed by atoms with van der Waals surface area (Å²) in [5.41, 5.74) is 0.305. The third-order valence-corrected chi connectivity index (χ3v) is 6.05. The molecule has 0 saturated carbocycles. The Hall–Kier alpha value is -1.21. The van der Waals surface area contributed by atoms with Gasteiger partial charge < -0.3 is 14.9 Å². The van der Waals surface area contributed by atoms with Crippen molar-refractivity contribution in [1.82, 2.24) is 14.7 Å². The molecule has 2 aliphatic rings. The zero-order valence-corrected chi connectivity index (χ0v) is 16.7. The number of likely N-dealkylation sites (N-methyl/N-ethyl adjacent to an activating group) is 1. The van der Waals surface area contributed by atoms with Gasteiger partial charge in [-0.25, -0.2) is 4.39 Å².